The molecule has 1 fully saturated rings. The van der Waals surface area contributed by atoms with E-state index in [9.17, 15) is 4.79 Å². The van der Waals surface area contributed by atoms with Crippen molar-refractivity contribution in [3.63, 3.8) is 0 Å². The van der Waals surface area contributed by atoms with Crippen molar-refractivity contribution < 1.29 is 4.79 Å². The normalized spacial score (nSPS) is 20.2. The third-order valence-electron chi connectivity index (χ3n) is 3.96. The molecule has 1 aliphatic rings. The van der Waals surface area contributed by atoms with E-state index in [4.69, 9.17) is 5.73 Å². The Balaban J connectivity index is 1.97. The maximum absolute atomic E-state index is 11.1. The van der Waals surface area contributed by atoms with Crippen LogP contribution in [0.5, 0.6) is 0 Å². The average molecular weight is 261 g/mol. The standard InChI is InChI=1S/C15H23N3O/c1-11-9-12(15(16)19)6-7-14(11)17-10-13-5-3-4-8-18(13)2/h6-7,9,13,17H,3-5,8,10H2,1-2H3,(H2,16,19). The third-order valence-corrected chi connectivity index (χ3v) is 3.96. The van der Waals surface area contributed by atoms with E-state index >= 15 is 0 Å². The Kier molecular flexibility index (Phi) is 4.43. The van der Waals surface area contributed by atoms with E-state index in [-0.39, 0.29) is 5.91 Å². The van der Waals surface area contributed by atoms with E-state index in [1.54, 1.807) is 6.07 Å². The summed E-state index contributed by atoms with van der Waals surface area (Å²) in [5.74, 6) is -0.373. The van der Waals surface area contributed by atoms with Crippen LogP contribution >= 0.6 is 0 Å². The zero-order valence-electron chi connectivity index (χ0n) is 11.8. The van der Waals surface area contributed by atoms with Crippen LogP contribution in [0.15, 0.2) is 18.2 Å². The van der Waals surface area contributed by atoms with Gasteiger partial charge in [-0.05, 0) is 57.1 Å². The first-order valence-corrected chi connectivity index (χ1v) is 6.92. The maximum atomic E-state index is 11.1. The fourth-order valence-electron chi connectivity index (χ4n) is 2.65. The molecule has 104 valence electrons. The first-order valence-electron chi connectivity index (χ1n) is 6.92. The fraction of sp³-hybridized carbons (Fsp3) is 0.533. The lowest BCUT2D eigenvalue weighted by atomic mass is 10.0. The number of rotatable bonds is 4. The number of hydrogen-bond acceptors (Lipinski definition) is 3. The van der Waals surface area contributed by atoms with Crippen molar-refractivity contribution >= 4 is 11.6 Å². The van der Waals surface area contributed by atoms with Crippen molar-refractivity contribution in [1.82, 2.24) is 4.90 Å². The zero-order chi connectivity index (χ0) is 13.8. The van der Waals surface area contributed by atoms with Gasteiger partial charge in [-0.3, -0.25) is 4.79 Å². The van der Waals surface area contributed by atoms with Crippen molar-refractivity contribution in [2.45, 2.75) is 32.2 Å². The summed E-state index contributed by atoms with van der Waals surface area (Å²) in [6.07, 6.45) is 3.87. The lowest BCUT2D eigenvalue weighted by Crippen LogP contribution is -2.40. The molecule has 2 rings (SSSR count). The lowest BCUT2D eigenvalue weighted by molar-refractivity contribution is 0.1000. The molecule has 1 amide bonds. The van der Waals surface area contributed by atoms with E-state index in [1.165, 1.54) is 25.8 Å². The number of primary amides is 1. The Morgan fingerprint density at radius 2 is 2.26 bits per heavy atom. The molecule has 0 aliphatic carbocycles. The van der Waals surface area contributed by atoms with Gasteiger partial charge in [0, 0.05) is 23.8 Å². The van der Waals surface area contributed by atoms with Crippen molar-refractivity contribution in [3.8, 4) is 0 Å². The molecule has 0 saturated carbocycles. The number of likely N-dealkylation sites (tertiary alicyclic amines) is 1. The van der Waals surface area contributed by atoms with E-state index in [1.807, 2.05) is 19.1 Å². The van der Waals surface area contributed by atoms with Crippen LogP contribution in [0.2, 0.25) is 0 Å². The Hall–Kier alpha value is -1.55. The molecule has 1 atom stereocenters. The molecule has 0 radical (unpaired) electrons. The van der Waals surface area contributed by atoms with Gasteiger partial charge in [0.15, 0.2) is 0 Å². The van der Waals surface area contributed by atoms with Crippen LogP contribution in [0, 0.1) is 6.92 Å². The topological polar surface area (TPSA) is 58.4 Å². The Morgan fingerprint density at radius 1 is 1.47 bits per heavy atom. The first kappa shape index (κ1) is 13.9. The lowest BCUT2D eigenvalue weighted by Gasteiger charge is -2.32. The molecule has 0 aromatic heterocycles. The number of amides is 1. The quantitative estimate of drug-likeness (QED) is 0.871. The van der Waals surface area contributed by atoms with Crippen LogP contribution in [0.1, 0.15) is 35.2 Å². The number of piperidine rings is 1. The summed E-state index contributed by atoms with van der Waals surface area (Å²) in [6.45, 7) is 4.14. The molecule has 4 heteroatoms. The number of carbonyl (C=O) groups excluding carboxylic acids is 1. The van der Waals surface area contributed by atoms with Crippen LogP contribution < -0.4 is 11.1 Å². The van der Waals surface area contributed by atoms with Gasteiger partial charge in [0.25, 0.3) is 0 Å². The number of hydrogen-bond donors (Lipinski definition) is 2. The summed E-state index contributed by atoms with van der Waals surface area (Å²) in [5, 5.41) is 3.49. The average Bonchev–Trinajstić information content (AvgIpc) is 2.39. The van der Waals surface area contributed by atoms with Gasteiger partial charge in [0.1, 0.15) is 0 Å². The highest BCUT2D eigenvalue weighted by atomic mass is 16.1. The highest BCUT2D eigenvalue weighted by Gasteiger charge is 2.18. The summed E-state index contributed by atoms with van der Waals surface area (Å²) in [6, 6.07) is 6.17. The molecule has 1 aliphatic heterocycles. The van der Waals surface area contributed by atoms with Crippen molar-refractivity contribution in [3.05, 3.63) is 29.3 Å². The summed E-state index contributed by atoms with van der Waals surface area (Å²) in [5.41, 5.74) is 7.99. The second-order valence-corrected chi connectivity index (χ2v) is 5.41. The smallest absolute Gasteiger partial charge is 0.248 e. The molecule has 4 nitrogen and oxygen atoms in total. The Labute approximate surface area is 115 Å². The fourth-order valence-corrected chi connectivity index (χ4v) is 2.65. The largest absolute Gasteiger partial charge is 0.383 e. The van der Waals surface area contributed by atoms with Gasteiger partial charge in [-0.1, -0.05) is 6.42 Å². The summed E-state index contributed by atoms with van der Waals surface area (Å²) in [4.78, 5) is 13.5. The van der Waals surface area contributed by atoms with Gasteiger partial charge in [-0.2, -0.15) is 0 Å². The highest BCUT2D eigenvalue weighted by Crippen LogP contribution is 2.19. The Morgan fingerprint density at radius 3 is 2.89 bits per heavy atom. The number of nitrogens with zero attached hydrogens (tertiary/aromatic N) is 1. The number of aryl methyl sites for hydroxylation is 1. The molecule has 1 aromatic carbocycles. The minimum Gasteiger partial charge on any atom is -0.383 e. The second-order valence-electron chi connectivity index (χ2n) is 5.41. The van der Waals surface area contributed by atoms with Crippen LogP contribution in [0.4, 0.5) is 5.69 Å². The zero-order valence-corrected chi connectivity index (χ0v) is 11.8. The number of nitrogens with two attached hydrogens (primary N) is 1. The monoisotopic (exact) mass is 261 g/mol. The molecule has 19 heavy (non-hydrogen) atoms. The van der Waals surface area contributed by atoms with Gasteiger partial charge < -0.3 is 16.0 Å². The molecule has 0 bridgehead atoms. The van der Waals surface area contributed by atoms with Gasteiger partial charge in [0.05, 0.1) is 0 Å². The predicted molar refractivity (Wildman–Crippen MR) is 78.5 cm³/mol. The van der Waals surface area contributed by atoms with Crippen LogP contribution in [0.3, 0.4) is 0 Å². The van der Waals surface area contributed by atoms with Gasteiger partial charge >= 0.3 is 0 Å². The number of nitrogens with one attached hydrogen (secondary N) is 1. The van der Waals surface area contributed by atoms with Crippen LogP contribution in [-0.2, 0) is 0 Å². The number of benzene rings is 1. The van der Waals surface area contributed by atoms with E-state index in [2.05, 4.69) is 17.3 Å². The predicted octanol–water partition coefficient (Wildman–Crippen LogP) is 1.99. The number of carbonyl (C=O) groups is 1. The second kappa shape index (κ2) is 6.06. The van der Waals surface area contributed by atoms with E-state index in [0.29, 0.717) is 11.6 Å². The van der Waals surface area contributed by atoms with Gasteiger partial charge in [0.2, 0.25) is 5.91 Å². The molecule has 1 saturated heterocycles. The summed E-state index contributed by atoms with van der Waals surface area (Å²) < 4.78 is 0. The minimum absolute atomic E-state index is 0.373. The van der Waals surface area contributed by atoms with Crippen LogP contribution in [-0.4, -0.2) is 37.0 Å². The van der Waals surface area contributed by atoms with Crippen molar-refractivity contribution in [1.29, 1.82) is 0 Å². The van der Waals surface area contributed by atoms with E-state index < -0.39 is 0 Å². The molecule has 1 unspecified atom stereocenters. The summed E-state index contributed by atoms with van der Waals surface area (Å²) in [7, 11) is 2.19. The molecule has 3 N–H and O–H groups in total. The first-order chi connectivity index (χ1) is 9.08. The maximum Gasteiger partial charge on any atom is 0.248 e. The summed E-state index contributed by atoms with van der Waals surface area (Å²) >= 11 is 0. The minimum atomic E-state index is -0.373. The number of anilines is 1. The molecular weight excluding hydrogens is 238 g/mol. The SMILES string of the molecule is Cc1cc(C(N)=O)ccc1NCC1CCCCN1C. The molecule has 0 spiro atoms. The van der Waals surface area contributed by atoms with E-state index in [0.717, 1.165) is 17.8 Å². The van der Waals surface area contributed by atoms with Crippen LogP contribution in [0.25, 0.3) is 0 Å². The van der Waals surface area contributed by atoms with Gasteiger partial charge in [-0.25, -0.2) is 0 Å². The molecule has 1 aromatic rings. The van der Waals surface area contributed by atoms with Crippen molar-refractivity contribution in [2.75, 3.05) is 25.5 Å². The highest BCUT2D eigenvalue weighted by molar-refractivity contribution is 5.93. The molecule has 1 heterocycles. The Bertz CT molecular complexity index is 459. The van der Waals surface area contributed by atoms with Crippen molar-refractivity contribution in [2.24, 2.45) is 5.73 Å². The third kappa shape index (κ3) is 3.47. The number of likely N-dealkylation sites (N-methyl/N-ethyl adjacent to an activating group) is 1. The molecular formula is C15H23N3O. The van der Waals surface area contributed by atoms with Gasteiger partial charge in [-0.15, -0.1) is 0 Å².